The summed E-state index contributed by atoms with van der Waals surface area (Å²) in [6.07, 6.45) is 1.26. The third-order valence-corrected chi connectivity index (χ3v) is 6.72. The third kappa shape index (κ3) is 6.00. The van der Waals surface area contributed by atoms with Gasteiger partial charge in [0.2, 0.25) is 0 Å². The van der Waals surface area contributed by atoms with Gasteiger partial charge in [0.15, 0.2) is 0 Å². The highest BCUT2D eigenvalue weighted by atomic mass is 16.3. The lowest BCUT2D eigenvalue weighted by Gasteiger charge is -2.38. The highest BCUT2D eigenvalue weighted by molar-refractivity contribution is 5.50. The molecule has 0 heterocycles. The third-order valence-electron chi connectivity index (χ3n) is 6.72. The van der Waals surface area contributed by atoms with Crippen LogP contribution in [0.15, 0.2) is 121 Å². The van der Waals surface area contributed by atoms with Crippen LogP contribution in [-0.4, -0.2) is 30.8 Å². The number of aliphatic hydroxyl groups is 1. The summed E-state index contributed by atoms with van der Waals surface area (Å²) in [6, 6.07) is 42.6. The molecule has 0 saturated carbocycles. The summed E-state index contributed by atoms with van der Waals surface area (Å²) < 4.78 is 0. The molecule has 4 rings (SSSR count). The van der Waals surface area contributed by atoms with E-state index in [0.29, 0.717) is 0 Å². The van der Waals surface area contributed by atoms with E-state index in [1.807, 2.05) is 13.0 Å². The standard InChI is InChI=1S/C32H36N2O/c1-2-31(35)23-25-34(30-21-13-6-14-22-30)26-24-33-32(27-15-7-3-8-16-27,28-17-9-4-10-18-28)29-19-11-5-12-20-29/h3-22,31,33,35H,2,23-26H2,1H3. The zero-order chi connectivity index (χ0) is 24.3. The van der Waals surface area contributed by atoms with Gasteiger partial charge in [0, 0.05) is 25.3 Å². The van der Waals surface area contributed by atoms with Gasteiger partial charge in [0.1, 0.15) is 0 Å². The Hall–Kier alpha value is -3.40. The second-order valence-electron chi connectivity index (χ2n) is 8.95. The van der Waals surface area contributed by atoms with Crippen LogP contribution in [-0.2, 0) is 5.54 Å². The van der Waals surface area contributed by atoms with Crippen molar-refractivity contribution < 1.29 is 5.11 Å². The zero-order valence-electron chi connectivity index (χ0n) is 20.6. The predicted molar refractivity (Wildman–Crippen MR) is 147 cm³/mol. The molecule has 0 aliphatic carbocycles. The number of aliphatic hydroxyl groups excluding tert-OH is 1. The monoisotopic (exact) mass is 464 g/mol. The lowest BCUT2D eigenvalue weighted by atomic mass is 9.77. The number of hydrogen-bond acceptors (Lipinski definition) is 3. The van der Waals surface area contributed by atoms with Crippen molar-refractivity contribution >= 4 is 5.69 Å². The Morgan fingerprint density at radius 1 is 0.657 bits per heavy atom. The topological polar surface area (TPSA) is 35.5 Å². The second kappa shape index (κ2) is 12.3. The average Bonchev–Trinajstić information content (AvgIpc) is 2.94. The lowest BCUT2D eigenvalue weighted by molar-refractivity contribution is 0.162. The SMILES string of the molecule is CCC(O)CCN(CCNC(c1ccccc1)(c1ccccc1)c1ccccc1)c1ccccc1. The van der Waals surface area contributed by atoms with Crippen molar-refractivity contribution in [2.24, 2.45) is 0 Å². The summed E-state index contributed by atoms with van der Waals surface area (Å²) in [6.45, 7) is 4.45. The molecule has 1 atom stereocenters. The first-order chi connectivity index (χ1) is 17.2. The van der Waals surface area contributed by atoms with Crippen molar-refractivity contribution in [1.82, 2.24) is 5.32 Å². The molecule has 4 aromatic rings. The van der Waals surface area contributed by atoms with Crippen LogP contribution in [0.3, 0.4) is 0 Å². The Kier molecular flexibility index (Phi) is 8.72. The molecule has 0 aromatic heterocycles. The molecule has 1 unspecified atom stereocenters. The molecule has 0 fully saturated rings. The molecule has 0 spiro atoms. The minimum absolute atomic E-state index is 0.272. The molecule has 0 radical (unpaired) electrons. The molecule has 3 heteroatoms. The summed E-state index contributed by atoms with van der Waals surface area (Å²) in [5.41, 5.74) is 4.34. The summed E-state index contributed by atoms with van der Waals surface area (Å²) in [5, 5.41) is 14.2. The maximum Gasteiger partial charge on any atom is 0.0948 e. The zero-order valence-corrected chi connectivity index (χ0v) is 20.6. The summed E-state index contributed by atoms with van der Waals surface area (Å²) in [7, 11) is 0. The van der Waals surface area contributed by atoms with Gasteiger partial charge < -0.3 is 10.0 Å². The van der Waals surface area contributed by atoms with Gasteiger partial charge in [0.25, 0.3) is 0 Å². The lowest BCUT2D eigenvalue weighted by Crippen LogP contribution is -2.47. The molecule has 2 N–H and O–H groups in total. The molecule has 180 valence electrons. The largest absolute Gasteiger partial charge is 0.393 e. The summed E-state index contributed by atoms with van der Waals surface area (Å²) >= 11 is 0. The molecule has 3 nitrogen and oxygen atoms in total. The number of rotatable bonds is 12. The number of benzene rings is 4. The molecule has 0 saturated heterocycles. The quantitative estimate of drug-likeness (QED) is 0.244. The van der Waals surface area contributed by atoms with Crippen molar-refractivity contribution in [3.8, 4) is 0 Å². The van der Waals surface area contributed by atoms with Gasteiger partial charge in [-0.15, -0.1) is 0 Å². The van der Waals surface area contributed by atoms with Crippen LogP contribution in [0.25, 0.3) is 0 Å². The Balaban J connectivity index is 1.67. The Morgan fingerprint density at radius 2 is 1.09 bits per heavy atom. The fraction of sp³-hybridized carbons (Fsp3) is 0.250. The van der Waals surface area contributed by atoms with Crippen LogP contribution >= 0.6 is 0 Å². The second-order valence-corrected chi connectivity index (χ2v) is 8.95. The highest BCUT2D eigenvalue weighted by Crippen LogP contribution is 2.36. The van der Waals surface area contributed by atoms with Gasteiger partial charge in [0.05, 0.1) is 11.6 Å². The van der Waals surface area contributed by atoms with Crippen molar-refractivity contribution in [3.63, 3.8) is 0 Å². The van der Waals surface area contributed by atoms with E-state index >= 15 is 0 Å². The number of hydrogen-bond donors (Lipinski definition) is 2. The van der Waals surface area contributed by atoms with Gasteiger partial charge in [-0.1, -0.05) is 116 Å². The van der Waals surface area contributed by atoms with E-state index in [4.69, 9.17) is 0 Å². The van der Waals surface area contributed by atoms with Crippen molar-refractivity contribution in [3.05, 3.63) is 138 Å². The molecular formula is C32H36N2O. The number of anilines is 1. The summed E-state index contributed by atoms with van der Waals surface area (Å²) in [4.78, 5) is 2.37. The van der Waals surface area contributed by atoms with Crippen molar-refractivity contribution in [2.45, 2.75) is 31.4 Å². The molecular weight excluding hydrogens is 428 g/mol. The van der Waals surface area contributed by atoms with Crippen LogP contribution in [0.5, 0.6) is 0 Å². The van der Waals surface area contributed by atoms with Crippen LogP contribution in [0.2, 0.25) is 0 Å². The average molecular weight is 465 g/mol. The van der Waals surface area contributed by atoms with Crippen LogP contribution in [0.4, 0.5) is 5.69 Å². The normalized spacial score (nSPS) is 12.3. The smallest absolute Gasteiger partial charge is 0.0948 e. The molecule has 0 aliphatic heterocycles. The first-order valence-corrected chi connectivity index (χ1v) is 12.6. The van der Waals surface area contributed by atoms with Crippen LogP contribution in [0, 0.1) is 0 Å². The van der Waals surface area contributed by atoms with E-state index in [2.05, 4.69) is 125 Å². The van der Waals surface area contributed by atoms with Crippen LogP contribution < -0.4 is 10.2 Å². The van der Waals surface area contributed by atoms with Gasteiger partial charge in [-0.05, 0) is 41.7 Å². The van der Waals surface area contributed by atoms with Gasteiger partial charge in [-0.25, -0.2) is 0 Å². The van der Waals surface area contributed by atoms with E-state index in [0.717, 1.165) is 32.5 Å². The van der Waals surface area contributed by atoms with E-state index < -0.39 is 5.54 Å². The van der Waals surface area contributed by atoms with E-state index in [1.54, 1.807) is 0 Å². The number of nitrogens with one attached hydrogen (secondary N) is 1. The maximum absolute atomic E-state index is 10.2. The van der Waals surface area contributed by atoms with Gasteiger partial charge in [-0.3, -0.25) is 5.32 Å². The maximum atomic E-state index is 10.2. The number of para-hydroxylation sites is 1. The molecule has 4 aromatic carbocycles. The van der Waals surface area contributed by atoms with E-state index in [9.17, 15) is 5.11 Å². The Labute approximate surface area is 210 Å². The fourth-order valence-electron chi connectivity index (χ4n) is 4.77. The van der Waals surface area contributed by atoms with Crippen LogP contribution in [0.1, 0.15) is 36.5 Å². The molecule has 0 bridgehead atoms. The number of nitrogens with zero attached hydrogens (tertiary/aromatic N) is 1. The first kappa shape index (κ1) is 24.7. The van der Waals surface area contributed by atoms with E-state index in [-0.39, 0.29) is 6.10 Å². The Morgan fingerprint density at radius 3 is 1.51 bits per heavy atom. The van der Waals surface area contributed by atoms with Gasteiger partial charge in [-0.2, -0.15) is 0 Å². The summed E-state index contributed by atoms with van der Waals surface area (Å²) in [5.74, 6) is 0. The minimum atomic E-state index is -0.477. The predicted octanol–water partition coefficient (Wildman–Crippen LogP) is 6.24. The first-order valence-electron chi connectivity index (χ1n) is 12.6. The van der Waals surface area contributed by atoms with Crippen molar-refractivity contribution in [2.75, 3.05) is 24.5 Å². The van der Waals surface area contributed by atoms with E-state index in [1.165, 1.54) is 22.4 Å². The van der Waals surface area contributed by atoms with Gasteiger partial charge >= 0.3 is 0 Å². The molecule has 35 heavy (non-hydrogen) atoms. The fourth-order valence-corrected chi connectivity index (χ4v) is 4.77. The molecule has 0 aliphatic rings. The minimum Gasteiger partial charge on any atom is -0.393 e. The highest BCUT2D eigenvalue weighted by Gasteiger charge is 2.35. The molecule has 0 amide bonds. The van der Waals surface area contributed by atoms with Crippen molar-refractivity contribution in [1.29, 1.82) is 0 Å². The Bertz CT molecular complexity index is 1020.